The van der Waals surface area contributed by atoms with E-state index < -0.39 is 0 Å². The van der Waals surface area contributed by atoms with Crippen molar-refractivity contribution < 1.29 is 4.42 Å². The van der Waals surface area contributed by atoms with Gasteiger partial charge in [-0.15, -0.1) is 0 Å². The molecule has 0 amide bonds. The zero-order valence-electron chi connectivity index (χ0n) is 12.5. The topological polar surface area (TPSA) is 65.8 Å². The number of para-hydroxylation sites is 1. The predicted octanol–water partition coefficient (Wildman–Crippen LogP) is 2.48. The number of nitrogens with zero attached hydrogens (tertiary/aromatic N) is 4. The van der Waals surface area contributed by atoms with Gasteiger partial charge in [-0.3, -0.25) is 4.79 Å². The van der Waals surface area contributed by atoms with E-state index in [0.717, 1.165) is 5.69 Å². The molecule has 22 heavy (non-hydrogen) atoms. The third-order valence-corrected chi connectivity index (χ3v) is 3.84. The van der Waals surface area contributed by atoms with Gasteiger partial charge in [0, 0.05) is 7.05 Å². The summed E-state index contributed by atoms with van der Waals surface area (Å²) in [6.07, 6.45) is 0. The molecule has 0 radical (unpaired) electrons. The average molecular weight is 294 g/mol. The lowest BCUT2D eigenvalue weighted by atomic mass is 10.2. The van der Waals surface area contributed by atoms with Crippen molar-refractivity contribution in [2.24, 2.45) is 7.05 Å². The molecule has 4 rings (SSSR count). The number of benzene rings is 1. The Morgan fingerprint density at radius 1 is 0.955 bits per heavy atom. The zero-order chi connectivity index (χ0) is 15.4. The molecule has 0 spiro atoms. The lowest BCUT2D eigenvalue weighted by Gasteiger charge is -2.02. The van der Waals surface area contributed by atoms with E-state index in [1.54, 1.807) is 16.4 Å². The Morgan fingerprint density at radius 2 is 1.59 bits per heavy atom. The molecule has 0 N–H and O–H groups in total. The van der Waals surface area contributed by atoms with Gasteiger partial charge in [0.1, 0.15) is 10.8 Å². The monoisotopic (exact) mass is 294 g/mol. The quantitative estimate of drug-likeness (QED) is 0.541. The maximum Gasteiger partial charge on any atom is 0.236 e. The molecule has 110 valence electrons. The summed E-state index contributed by atoms with van der Waals surface area (Å²) in [6.45, 7) is 3.62. The lowest BCUT2D eigenvalue weighted by molar-refractivity contribution is 0.575. The van der Waals surface area contributed by atoms with Crippen LogP contribution in [0.15, 0.2) is 39.5 Å². The highest BCUT2D eigenvalue weighted by Gasteiger charge is 2.21. The first-order valence-corrected chi connectivity index (χ1v) is 6.99. The van der Waals surface area contributed by atoms with Gasteiger partial charge in [0.05, 0.1) is 17.1 Å². The number of hydrogen-bond donors (Lipinski definition) is 0. The summed E-state index contributed by atoms with van der Waals surface area (Å²) in [5.41, 5.74) is 3.00. The number of aryl methyl sites for hydroxylation is 3. The maximum absolute atomic E-state index is 12.8. The molecular formula is C16H14N4O2. The molecule has 0 bridgehead atoms. The third-order valence-electron chi connectivity index (χ3n) is 3.84. The second kappa shape index (κ2) is 4.30. The van der Waals surface area contributed by atoms with E-state index in [0.29, 0.717) is 33.6 Å². The summed E-state index contributed by atoms with van der Waals surface area (Å²) < 4.78 is 9.23. The second-order valence-electron chi connectivity index (χ2n) is 5.33. The van der Waals surface area contributed by atoms with Crippen molar-refractivity contribution in [1.29, 1.82) is 0 Å². The largest absolute Gasteiger partial charge is 0.419 e. The Hall–Kier alpha value is -2.89. The second-order valence-corrected chi connectivity index (χ2v) is 5.33. The standard InChI is InChI=1S/C16H14N4O2/c1-9-12-14(21)13-10(2)18-20(11-7-5-4-6-8-11)16(13)22-15(12)19(3)17-9/h4-8H,1-3H3. The van der Waals surface area contributed by atoms with Crippen molar-refractivity contribution in [3.05, 3.63) is 51.9 Å². The minimum atomic E-state index is -0.0819. The number of hydrogen-bond acceptors (Lipinski definition) is 4. The lowest BCUT2D eigenvalue weighted by Crippen LogP contribution is -2.04. The minimum Gasteiger partial charge on any atom is -0.419 e. The van der Waals surface area contributed by atoms with Crippen molar-refractivity contribution in [1.82, 2.24) is 19.6 Å². The summed E-state index contributed by atoms with van der Waals surface area (Å²) in [6, 6.07) is 9.61. The first kappa shape index (κ1) is 12.8. The molecule has 6 nitrogen and oxygen atoms in total. The Kier molecular flexibility index (Phi) is 2.51. The first-order chi connectivity index (χ1) is 10.6. The molecule has 0 aliphatic rings. The van der Waals surface area contributed by atoms with Crippen LogP contribution in [-0.2, 0) is 7.05 Å². The Bertz CT molecular complexity index is 1070. The van der Waals surface area contributed by atoms with E-state index in [4.69, 9.17) is 4.42 Å². The third kappa shape index (κ3) is 1.57. The van der Waals surface area contributed by atoms with Crippen LogP contribution in [0.2, 0.25) is 0 Å². The number of fused-ring (bicyclic) bond motifs is 2. The molecule has 0 aliphatic heterocycles. The summed E-state index contributed by atoms with van der Waals surface area (Å²) in [4.78, 5) is 12.8. The van der Waals surface area contributed by atoms with Crippen molar-refractivity contribution in [3.63, 3.8) is 0 Å². The van der Waals surface area contributed by atoms with Gasteiger partial charge in [-0.05, 0) is 26.0 Å². The molecule has 0 aliphatic carbocycles. The van der Waals surface area contributed by atoms with Crippen molar-refractivity contribution in [2.75, 3.05) is 0 Å². The van der Waals surface area contributed by atoms with Gasteiger partial charge in [-0.25, -0.2) is 4.68 Å². The normalized spacial score (nSPS) is 11.6. The fraction of sp³-hybridized carbons (Fsp3) is 0.188. The predicted molar refractivity (Wildman–Crippen MR) is 83.4 cm³/mol. The van der Waals surface area contributed by atoms with Crippen LogP contribution in [0.5, 0.6) is 0 Å². The Labute approximate surface area is 125 Å². The van der Waals surface area contributed by atoms with Crippen LogP contribution in [0.4, 0.5) is 0 Å². The van der Waals surface area contributed by atoms with Crippen LogP contribution in [0.25, 0.3) is 27.9 Å². The highest BCUT2D eigenvalue weighted by Crippen LogP contribution is 2.24. The van der Waals surface area contributed by atoms with E-state index in [9.17, 15) is 4.79 Å². The molecule has 0 saturated heterocycles. The van der Waals surface area contributed by atoms with Crippen molar-refractivity contribution in [3.8, 4) is 5.69 Å². The highest BCUT2D eigenvalue weighted by atomic mass is 16.4. The van der Waals surface area contributed by atoms with Gasteiger partial charge >= 0.3 is 0 Å². The van der Waals surface area contributed by atoms with Gasteiger partial charge in [0.15, 0.2) is 0 Å². The molecule has 0 fully saturated rings. The minimum absolute atomic E-state index is 0.0819. The molecule has 6 heteroatoms. The smallest absolute Gasteiger partial charge is 0.236 e. The highest BCUT2D eigenvalue weighted by molar-refractivity contribution is 5.90. The number of aromatic nitrogens is 4. The molecule has 0 atom stereocenters. The Balaban J connectivity index is 2.21. The number of rotatable bonds is 1. The van der Waals surface area contributed by atoms with Crippen LogP contribution >= 0.6 is 0 Å². The fourth-order valence-corrected chi connectivity index (χ4v) is 2.84. The van der Waals surface area contributed by atoms with Gasteiger partial charge in [-0.1, -0.05) is 18.2 Å². The van der Waals surface area contributed by atoms with Crippen molar-refractivity contribution in [2.45, 2.75) is 13.8 Å². The maximum atomic E-state index is 12.8. The van der Waals surface area contributed by atoms with Crippen LogP contribution < -0.4 is 5.43 Å². The van der Waals surface area contributed by atoms with Crippen LogP contribution in [0.3, 0.4) is 0 Å². The van der Waals surface area contributed by atoms with E-state index >= 15 is 0 Å². The molecule has 0 saturated carbocycles. The molecule has 3 aromatic heterocycles. The van der Waals surface area contributed by atoms with Crippen LogP contribution in [-0.4, -0.2) is 19.6 Å². The van der Waals surface area contributed by atoms with Gasteiger partial charge in [0.25, 0.3) is 0 Å². The van der Waals surface area contributed by atoms with Gasteiger partial charge in [-0.2, -0.15) is 14.9 Å². The van der Waals surface area contributed by atoms with Gasteiger partial charge in [0.2, 0.25) is 16.9 Å². The average Bonchev–Trinajstić information content (AvgIpc) is 2.99. The molecule has 3 heterocycles. The van der Waals surface area contributed by atoms with E-state index in [-0.39, 0.29) is 5.43 Å². The van der Waals surface area contributed by atoms with E-state index in [1.165, 1.54) is 0 Å². The fourth-order valence-electron chi connectivity index (χ4n) is 2.84. The molecule has 0 unspecified atom stereocenters. The van der Waals surface area contributed by atoms with Crippen molar-refractivity contribution >= 4 is 22.2 Å². The molecular weight excluding hydrogens is 280 g/mol. The van der Waals surface area contributed by atoms with E-state index in [2.05, 4.69) is 10.2 Å². The summed E-state index contributed by atoms with van der Waals surface area (Å²) in [5, 5.41) is 9.78. The Morgan fingerprint density at radius 3 is 2.32 bits per heavy atom. The van der Waals surface area contributed by atoms with Gasteiger partial charge < -0.3 is 4.42 Å². The van der Waals surface area contributed by atoms with E-state index in [1.807, 2.05) is 44.2 Å². The summed E-state index contributed by atoms with van der Waals surface area (Å²) in [5.74, 6) is 0. The summed E-state index contributed by atoms with van der Waals surface area (Å²) >= 11 is 0. The molecule has 1 aromatic carbocycles. The van der Waals surface area contributed by atoms with Crippen LogP contribution in [0.1, 0.15) is 11.4 Å². The van der Waals surface area contributed by atoms with Crippen LogP contribution in [0, 0.1) is 13.8 Å². The SMILES string of the molecule is Cc1nn(C)c2oc3c(c(C)nn3-c3ccccc3)c(=O)c12. The summed E-state index contributed by atoms with van der Waals surface area (Å²) in [7, 11) is 1.76. The zero-order valence-corrected chi connectivity index (χ0v) is 12.5. The first-order valence-electron chi connectivity index (χ1n) is 6.99. The molecule has 4 aromatic rings.